The number of benzene rings is 2. The van der Waals surface area contributed by atoms with E-state index < -0.39 is 0 Å². The number of anilines is 1. The molecule has 128 valence electrons. The maximum absolute atomic E-state index is 9.31. The van der Waals surface area contributed by atoms with Crippen LogP contribution in [0.4, 0.5) is 5.69 Å². The molecule has 0 unspecified atom stereocenters. The molecule has 3 aromatic rings. The number of nitrogens with zero attached hydrogens (tertiary/aromatic N) is 2. The van der Waals surface area contributed by atoms with E-state index in [0.29, 0.717) is 12.0 Å². The Hall–Kier alpha value is -2.97. The van der Waals surface area contributed by atoms with Gasteiger partial charge in [-0.2, -0.15) is 5.26 Å². The summed E-state index contributed by atoms with van der Waals surface area (Å²) in [4.78, 5) is 0.811. The van der Waals surface area contributed by atoms with Crippen molar-refractivity contribution < 1.29 is 4.52 Å². The van der Waals surface area contributed by atoms with E-state index in [1.54, 1.807) is 0 Å². The van der Waals surface area contributed by atoms with Crippen LogP contribution in [0.1, 0.15) is 28.1 Å². The molecule has 2 aromatic carbocycles. The van der Waals surface area contributed by atoms with E-state index in [0.717, 1.165) is 49.9 Å². The number of fused-ring (bicyclic) bond motifs is 1. The fourth-order valence-corrected chi connectivity index (χ4v) is 3.84. The van der Waals surface area contributed by atoms with Crippen LogP contribution in [0.25, 0.3) is 22.3 Å². The third-order valence-electron chi connectivity index (χ3n) is 4.84. The maximum Gasteiger partial charge on any atom is 0.141 e. The highest BCUT2D eigenvalue weighted by atomic mass is 32.1. The summed E-state index contributed by atoms with van der Waals surface area (Å²) in [5, 5.41) is 16.7. The Kier molecular flexibility index (Phi) is 3.86. The van der Waals surface area contributed by atoms with Crippen molar-refractivity contribution in [3.8, 4) is 28.3 Å². The van der Waals surface area contributed by atoms with Crippen LogP contribution in [0.3, 0.4) is 0 Å². The van der Waals surface area contributed by atoms with E-state index in [-0.39, 0.29) is 0 Å². The quantitative estimate of drug-likeness (QED) is 0.645. The molecule has 0 saturated carbocycles. The van der Waals surface area contributed by atoms with Crippen LogP contribution in [0.15, 0.2) is 34.9 Å². The van der Waals surface area contributed by atoms with E-state index in [1.165, 1.54) is 5.56 Å². The molecule has 26 heavy (non-hydrogen) atoms. The molecule has 4 nitrogen and oxygen atoms in total. The molecule has 1 N–H and O–H groups in total. The van der Waals surface area contributed by atoms with E-state index >= 15 is 0 Å². The Balaban J connectivity index is 2.01. The molecule has 0 saturated heterocycles. The van der Waals surface area contributed by atoms with Gasteiger partial charge in [-0.1, -0.05) is 23.4 Å². The van der Waals surface area contributed by atoms with Crippen LogP contribution >= 0.6 is 12.2 Å². The zero-order chi connectivity index (χ0) is 18.4. The lowest BCUT2D eigenvalue weighted by Gasteiger charge is -2.14. The SMILES string of the molecule is Cc1ccc(C#N)cc1-c1cc(-c2c(C)noc2C)cc2c1CC(=S)N2. The van der Waals surface area contributed by atoms with Crippen molar-refractivity contribution in [2.24, 2.45) is 0 Å². The summed E-state index contributed by atoms with van der Waals surface area (Å²) in [6.07, 6.45) is 0.706. The summed E-state index contributed by atoms with van der Waals surface area (Å²) in [6.45, 7) is 5.92. The molecular formula is C21H17N3OS. The first-order valence-electron chi connectivity index (χ1n) is 8.39. The summed E-state index contributed by atoms with van der Waals surface area (Å²) < 4.78 is 5.36. The van der Waals surface area contributed by atoms with Crippen molar-refractivity contribution in [2.75, 3.05) is 5.32 Å². The molecule has 4 rings (SSSR count). The molecule has 0 fully saturated rings. The zero-order valence-corrected chi connectivity index (χ0v) is 15.6. The Morgan fingerprint density at radius 2 is 1.96 bits per heavy atom. The van der Waals surface area contributed by atoms with E-state index in [1.807, 2.05) is 32.0 Å². The minimum absolute atomic E-state index is 0.649. The highest BCUT2D eigenvalue weighted by molar-refractivity contribution is 7.80. The molecule has 1 aliphatic heterocycles. The number of aryl methyl sites for hydroxylation is 3. The molecule has 5 heteroatoms. The van der Waals surface area contributed by atoms with Crippen LogP contribution in [-0.2, 0) is 6.42 Å². The van der Waals surface area contributed by atoms with Gasteiger partial charge in [-0.15, -0.1) is 0 Å². The molecule has 0 radical (unpaired) electrons. The lowest BCUT2D eigenvalue weighted by atomic mass is 9.90. The van der Waals surface area contributed by atoms with Gasteiger partial charge in [0.05, 0.1) is 22.3 Å². The van der Waals surface area contributed by atoms with Gasteiger partial charge in [-0.05, 0) is 72.9 Å². The molecule has 0 spiro atoms. The van der Waals surface area contributed by atoms with Crippen molar-refractivity contribution >= 4 is 22.9 Å². The maximum atomic E-state index is 9.31. The standard InChI is InChI=1S/C21H17N3OS/c1-11-4-5-14(10-22)6-16(11)17-7-15(21-12(2)24-25-13(21)3)8-19-18(17)9-20(26)23-19/h4-8H,9H2,1-3H3,(H,23,26). The fraction of sp³-hybridized carbons (Fsp3) is 0.190. The van der Waals surface area contributed by atoms with Gasteiger partial charge in [-0.3, -0.25) is 0 Å². The van der Waals surface area contributed by atoms with E-state index in [2.05, 4.69) is 35.6 Å². The average molecular weight is 359 g/mol. The fourth-order valence-electron chi connectivity index (χ4n) is 3.59. The number of rotatable bonds is 2. The lowest BCUT2D eigenvalue weighted by Crippen LogP contribution is -2.00. The summed E-state index contributed by atoms with van der Waals surface area (Å²) in [5.41, 5.74) is 9.01. The summed E-state index contributed by atoms with van der Waals surface area (Å²) in [6, 6.07) is 12.3. The van der Waals surface area contributed by atoms with Gasteiger partial charge >= 0.3 is 0 Å². The highest BCUT2D eigenvalue weighted by Crippen LogP contribution is 2.41. The number of thiocarbonyl (C=S) groups is 1. The van der Waals surface area contributed by atoms with Gasteiger partial charge in [0.2, 0.25) is 0 Å². The van der Waals surface area contributed by atoms with Crippen molar-refractivity contribution in [2.45, 2.75) is 27.2 Å². The van der Waals surface area contributed by atoms with Gasteiger partial charge in [0.15, 0.2) is 0 Å². The molecule has 0 aliphatic carbocycles. The number of hydrogen-bond acceptors (Lipinski definition) is 4. The van der Waals surface area contributed by atoms with Crippen molar-refractivity contribution in [1.82, 2.24) is 5.16 Å². The van der Waals surface area contributed by atoms with Crippen LogP contribution in [0, 0.1) is 32.1 Å². The Bertz CT molecular complexity index is 1090. The Morgan fingerprint density at radius 3 is 2.65 bits per heavy atom. The smallest absolute Gasteiger partial charge is 0.141 e. The monoisotopic (exact) mass is 359 g/mol. The third-order valence-corrected chi connectivity index (χ3v) is 5.09. The molecule has 0 amide bonds. The Labute approximate surface area is 157 Å². The first-order valence-corrected chi connectivity index (χ1v) is 8.80. The van der Waals surface area contributed by atoms with E-state index in [9.17, 15) is 5.26 Å². The number of aromatic nitrogens is 1. The first-order chi connectivity index (χ1) is 12.5. The van der Waals surface area contributed by atoms with Gasteiger partial charge < -0.3 is 9.84 Å². The normalized spacial score (nSPS) is 12.6. The second-order valence-electron chi connectivity index (χ2n) is 6.62. The van der Waals surface area contributed by atoms with Crippen LogP contribution < -0.4 is 5.32 Å². The van der Waals surface area contributed by atoms with E-state index in [4.69, 9.17) is 16.7 Å². The summed E-state index contributed by atoms with van der Waals surface area (Å²) >= 11 is 5.42. The topological polar surface area (TPSA) is 61.9 Å². The van der Waals surface area contributed by atoms with Crippen LogP contribution in [-0.4, -0.2) is 10.1 Å². The van der Waals surface area contributed by atoms with Gasteiger partial charge in [-0.25, -0.2) is 0 Å². The number of nitrogens with one attached hydrogen (secondary N) is 1. The second kappa shape index (κ2) is 6.08. The van der Waals surface area contributed by atoms with Gasteiger partial charge in [0.25, 0.3) is 0 Å². The third kappa shape index (κ3) is 2.59. The molecule has 0 bridgehead atoms. The minimum Gasteiger partial charge on any atom is -0.361 e. The van der Waals surface area contributed by atoms with Crippen LogP contribution in [0.5, 0.6) is 0 Å². The average Bonchev–Trinajstić information content (AvgIpc) is 3.15. The predicted molar refractivity (Wildman–Crippen MR) is 106 cm³/mol. The van der Waals surface area contributed by atoms with Crippen molar-refractivity contribution in [1.29, 1.82) is 5.26 Å². The highest BCUT2D eigenvalue weighted by Gasteiger charge is 2.23. The molecule has 1 aliphatic rings. The number of nitriles is 1. The molecular weight excluding hydrogens is 342 g/mol. The predicted octanol–water partition coefficient (Wildman–Crippen LogP) is 5.10. The molecule has 0 atom stereocenters. The lowest BCUT2D eigenvalue weighted by molar-refractivity contribution is 0.393. The minimum atomic E-state index is 0.649. The van der Waals surface area contributed by atoms with Gasteiger partial charge in [0, 0.05) is 17.7 Å². The molecule has 1 aromatic heterocycles. The largest absolute Gasteiger partial charge is 0.361 e. The summed E-state index contributed by atoms with van der Waals surface area (Å²) in [5.74, 6) is 0.788. The first kappa shape index (κ1) is 16.5. The molecule has 2 heterocycles. The zero-order valence-electron chi connectivity index (χ0n) is 14.8. The van der Waals surface area contributed by atoms with Crippen molar-refractivity contribution in [3.05, 3.63) is 58.5 Å². The summed E-state index contributed by atoms with van der Waals surface area (Å²) in [7, 11) is 0. The second-order valence-corrected chi connectivity index (χ2v) is 7.11. The van der Waals surface area contributed by atoms with Gasteiger partial charge in [0.1, 0.15) is 5.76 Å². The van der Waals surface area contributed by atoms with Crippen LogP contribution in [0.2, 0.25) is 0 Å². The number of hydrogen-bond donors (Lipinski definition) is 1. The Morgan fingerprint density at radius 1 is 1.15 bits per heavy atom. The van der Waals surface area contributed by atoms with Crippen molar-refractivity contribution in [3.63, 3.8) is 0 Å².